The molecule has 0 unspecified atom stereocenters. The van der Waals surface area contributed by atoms with Crippen molar-refractivity contribution in [1.82, 2.24) is 4.98 Å². The smallest absolute Gasteiger partial charge is 0.129 e. The number of halogens is 1. The minimum absolute atomic E-state index is 0.236. The van der Waals surface area contributed by atoms with Crippen molar-refractivity contribution in [3.63, 3.8) is 0 Å². The number of aromatic nitrogens is 1. The molecule has 0 radical (unpaired) electrons. The monoisotopic (exact) mass is 285 g/mol. The van der Waals surface area contributed by atoms with Gasteiger partial charge in [-0.15, -0.1) is 0 Å². The molecular formula is C17H20FN3. The normalized spacial score (nSPS) is 25.8. The van der Waals surface area contributed by atoms with E-state index in [1.54, 1.807) is 6.07 Å². The zero-order chi connectivity index (χ0) is 14.6. The van der Waals surface area contributed by atoms with Gasteiger partial charge in [0.25, 0.3) is 0 Å². The summed E-state index contributed by atoms with van der Waals surface area (Å²) in [5.74, 6) is 2.10. The van der Waals surface area contributed by atoms with Crippen LogP contribution >= 0.6 is 0 Å². The molecule has 2 aliphatic rings. The topological polar surface area (TPSA) is 42.1 Å². The first-order valence-electron chi connectivity index (χ1n) is 7.69. The average Bonchev–Trinajstić information content (AvgIpc) is 3.21. The van der Waals surface area contributed by atoms with Crippen LogP contribution in [0.1, 0.15) is 18.4 Å². The van der Waals surface area contributed by atoms with E-state index in [0.717, 1.165) is 41.3 Å². The van der Waals surface area contributed by atoms with Crippen molar-refractivity contribution in [3.8, 4) is 0 Å². The van der Waals surface area contributed by atoms with Crippen LogP contribution in [0.15, 0.2) is 24.3 Å². The Bertz CT molecular complexity index is 696. The van der Waals surface area contributed by atoms with Crippen LogP contribution in [0.25, 0.3) is 10.9 Å². The molecule has 1 saturated carbocycles. The fourth-order valence-electron chi connectivity index (χ4n) is 3.58. The van der Waals surface area contributed by atoms with Gasteiger partial charge in [0, 0.05) is 30.6 Å². The highest BCUT2D eigenvalue weighted by Gasteiger charge is 2.41. The van der Waals surface area contributed by atoms with E-state index in [2.05, 4.69) is 22.9 Å². The molecule has 2 atom stereocenters. The summed E-state index contributed by atoms with van der Waals surface area (Å²) in [5.41, 5.74) is 8.16. The highest BCUT2D eigenvalue weighted by atomic mass is 19.1. The molecule has 0 spiro atoms. The number of hydrogen-bond acceptors (Lipinski definition) is 3. The lowest BCUT2D eigenvalue weighted by Crippen LogP contribution is -2.30. The molecule has 110 valence electrons. The van der Waals surface area contributed by atoms with E-state index >= 15 is 0 Å². The predicted molar refractivity (Wildman–Crippen MR) is 82.8 cm³/mol. The third-order valence-corrected chi connectivity index (χ3v) is 4.93. The van der Waals surface area contributed by atoms with Gasteiger partial charge in [-0.2, -0.15) is 0 Å². The molecule has 2 N–H and O–H groups in total. The van der Waals surface area contributed by atoms with Gasteiger partial charge in [0.05, 0.1) is 5.52 Å². The van der Waals surface area contributed by atoms with Crippen molar-refractivity contribution in [2.45, 2.75) is 25.8 Å². The van der Waals surface area contributed by atoms with Crippen LogP contribution in [-0.4, -0.2) is 24.1 Å². The van der Waals surface area contributed by atoms with Gasteiger partial charge in [0.2, 0.25) is 0 Å². The van der Waals surface area contributed by atoms with Crippen molar-refractivity contribution >= 4 is 16.7 Å². The van der Waals surface area contributed by atoms with Crippen molar-refractivity contribution in [2.24, 2.45) is 17.6 Å². The molecule has 1 aliphatic carbocycles. The maximum atomic E-state index is 13.4. The summed E-state index contributed by atoms with van der Waals surface area (Å²) in [6.45, 7) is 3.90. The van der Waals surface area contributed by atoms with E-state index < -0.39 is 0 Å². The molecule has 1 saturated heterocycles. The highest BCUT2D eigenvalue weighted by Crippen LogP contribution is 2.41. The number of hydrogen-bond donors (Lipinski definition) is 1. The Morgan fingerprint density at radius 1 is 1.24 bits per heavy atom. The van der Waals surface area contributed by atoms with Crippen molar-refractivity contribution < 1.29 is 4.39 Å². The minimum Gasteiger partial charge on any atom is -0.355 e. The second-order valence-electron chi connectivity index (χ2n) is 6.53. The molecule has 3 nitrogen and oxygen atoms in total. The van der Waals surface area contributed by atoms with Crippen LogP contribution in [0, 0.1) is 24.6 Å². The zero-order valence-corrected chi connectivity index (χ0v) is 12.2. The maximum Gasteiger partial charge on any atom is 0.129 e. The third-order valence-electron chi connectivity index (χ3n) is 4.93. The second-order valence-corrected chi connectivity index (χ2v) is 6.53. The number of nitrogens with zero attached hydrogens (tertiary/aromatic N) is 2. The van der Waals surface area contributed by atoms with E-state index in [4.69, 9.17) is 5.73 Å². The van der Waals surface area contributed by atoms with Crippen LogP contribution in [0.4, 0.5) is 10.2 Å². The molecule has 1 aliphatic heterocycles. The van der Waals surface area contributed by atoms with Gasteiger partial charge in [-0.1, -0.05) is 0 Å². The van der Waals surface area contributed by atoms with Crippen molar-refractivity contribution in [3.05, 3.63) is 35.6 Å². The van der Waals surface area contributed by atoms with Gasteiger partial charge in [0.15, 0.2) is 0 Å². The van der Waals surface area contributed by atoms with Crippen LogP contribution in [0.3, 0.4) is 0 Å². The molecule has 4 rings (SSSR count). The Hall–Kier alpha value is -1.68. The van der Waals surface area contributed by atoms with Crippen molar-refractivity contribution in [1.29, 1.82) is 0 Å². The number of fused-ring (bicyclic) bond motifs is 1. The van der Waals surface area contributed by atoms with Gasteiger partial charge in [0.1, 0.15) is 11.6 Å². The molecular weight excluding hydrogens is 265 g/mol. The largest absolute Gasteiger partial charge is 0.355 e. The number of benzene rings is 1. The fraction of sp³-hybridized carbons (Fsp3) is 0.471. The van der Waals surface area contributed by atoms with Crippen LogP contribution in [-0.2, 0) is 0 Å². The third kappa shape index (κ3) is 2.27. The molecule has 0 amide bonds. The van der Waals surface area contributed by atoms with Crippen LogP contribution in [0.5, 0.6) is 0 Å². The van der Waals surface area contributed by atoms with E-state index in [-0.39, 0.29) is 11.9 Å². The van der Waals surface area contributed by atoms with Gasteiger partial charge in [-0.3, -0.25) is 0 Å². The van der Waals surface area contributed by atoms with Gasteiger partial charge in [-0.05, 0) is 55.4 Å². The first-order chi connectivity index (χ1) is 10.1. The predicted octanol–water partition coefficient (Wildman–Crippen LogP) is 2.86. The molecule has 4 heteroatoms. The summed E-state index contributed by atoms with van der Waals surface area (Å²) in [5, 5.41) is 1.02. The second kappa shape index (κ2) is 4.67. The summed E-state index contributed by atoms with van der Waals surface area (Å²) in [7, 11) is 0. The molecule has 21 heavy (non-hydrogen) atoms. The summed E-state index contributed by atoms with van der Waals surface area (Å²) in [6.07, 6.45) is 2.64. The zero-order valence-electron chi connectivity index (χ0n) is 12.2. The lowest BCUT2D eigenvalue weighted by molar-refractivity contribution is 0.456. The number of aryl methyl sites for hydroxylation is 1. The first kappa shape index (κ1) is 13.0. The van der Waals surface area contributed by atoms with Gasteiger partial charge in [-0.25, -0.2) is 9.37 Å². The standard InChI is InChI=1S/C17H20FN3/c1-10-6-17(20-16-7-12(18)4-5-13(10)16)21-8-14(11-2-3-11)15(19)9-21/h4-7,11,14-15H,2-3,8-9,19H2,1H3/t14-,15+/m1/s1. The van der Waals surface area contributed by atoms with Crippen molar-refractivity contribution in [2.75, 3.05) is 18.0 Å². The van der Waals surface area contributed by atoms with Gasteiger partial charge < -0.3 is 10.6 Å². The maximum absolute atomic E-state index is 13.4. The molecule has 2 aromatic rings. The lowest BCUT2D eigenvalue weighted by atomic mass is 9.99. The Balaban J connectivity index is 1.70. The lowest BCUT2D eigenvalue weighted by Gasteiger charge is -2.19. The summed E-state index contributed by atoms with van der Waals surface area (Å²) >= 11 is 0. The molecule has 2 heterocycles. The summed E-state index contributed by atoms with van der Waals surface area (Å²) in [4.78, 5) is 6.93. The number of rotatable bonds is 2. The van der Waals surface area contributed by atoms with Crippen LogP contribution in [0.2, 0.25) is 0 Å². The Morgan fingerprint density at radius 2 is 2.05 bits per heavy atom. The Labute approximate surface area is 124 Å². The fourth-order valence-corrected chi connectivity index (χ4v) is 3.58. The Morgan fingerprint density at radius 3 is 2.81 bits per heavy atom. The number of nitrogens with two attached hydrogens (primary N) is 1. The highest BCUT2D eigenvalue weighted by molar-refractivity contribution is 5.84. The molecule has 0 bridgehead atoms. The SMILES string of the molecule is Cc1cc(N2C[C@H](C3CC3)[C@@H](N)C2)nc2cc(F)ccc12. The number of anilines is 1. The van der Waals surface area contributed by atoms with E-state index in [1.165, 1.54) is 25.0 Å². The summed E-state index contributed by atoms with van der Waals surface area (Å²) < 4.78 is 13.4. The average molecular weight is 285 g/mol. The van der Waals surface area contributed by atoms with E-state index in [1.807, 2.05) is 0 Å². The molecule has 1 aromatic carbocycles. The first-order valence-corrected chi connectivity index (χ1v) is 7.69. The number of pyridine rings is 1. The molecule has 2 fully saturated rings. The van der Waals surface area contributed by atoms with Gasteiger partial charge >= 0.3 is 0 Å². The Kier molecular flexibility index (Phi) is 2.89. The van der Waals surface area contributed by atoms with E-state index in [0.29, 0.717) is 5.92 Å². The molecule has 1 aromatic heterocycles. The quantitative estimate of drug-likeness (QED) is 0.922. The van der Waals surface area contributed by atoms with E-state index in [9.17, 15) is 4.39 Å². The minimum atomic E-state index is -0.236. The van der Waals surface area contributed by atoms with Crippen LogP contribution < -0.4 is 10.6 Å². The summed E-state index contributed by atoms with van der Waals surface area (Å²) in [6, 6.07) is 7.15.